The number of nitrogens with one attached hydrogen (secondary N) is 1. The quantitative estimate of drug-likeness (QED) is 0.443. The normalized spacial score (nSPS) is 16.7. The molecule has 0 radical (unpaired) electrons. The lowest BCUT2D eigenvalue weighted by atomic mass is 9.92. The van der Waals surface area contributed by atoms with E-state index in [1.54, 1.807) is 0 Å². The molecule has 0 saturated heterocycles. The van der Waals surface area contributed by atoms with Gasteiger partial charge < -0.3 is 5.11 Å². The van der Waals surface area contributed by atoms with Crippen LogP contribution in [0.2, 0.25) is 0 Å². The third kappa shape index (κ3) is 3.70. The monoisotopic (exact) mass is 451 g/mol. The molecule has 164 valence electrons. The highest BCUT2D eigenvalue weighted by Crippen LogP contribution is 2.61. The smallest absolute Gasteiger partial charge is 0.331 e. The van der Waals surface area contributed by atoms with Crippen LogP contribution in [0.1, 0.15) is 0 Å². The van der Waals surface area contributed by atoms with Crippen LogP contribution in [-0.4, -0.2) is 53.2 Å². The van der Waals surface area contributed by atoms with Crippen LogP contribution in [0.25, 0.3) is 0 Å². The number of hydrogen-bond donors (Lipinski definition) is 2. The largest absolute Gasteiger partial charge is 0.462 e. The Morgan fingerprint density at radius 3 is 0.926 bits per heavy atom. The van der Waals surface area contributed by atoms with Crippen molar-refractivity contribution >= 4 is 0 Å². The van der Waals surface area contributed by atoms with Crippen LogP contribution in [0.15, 0.2) is 0 Å². The molecule has 0 amide bonds. The molecule has 27 heavy (non-hydrogen) atoms. The molecule has 2 N–H and O–H groups in total. The van der Waals surface area contributed by atoms with Crippen molar-refractivity contribution in [2.75, 3.05) is 0 Å². The predicted molar refractivity (Wildman–Crippen MR) is 46.0 cm³/mol. The second-order valence-electron chi connectivity index (χ2n) is 4.61. The van der Waals surface area contributed by atoms with E-state index in [2.05, 4.69) is 0 Å². The predicted octanol–water partition coefficient (Wildman–Crippen LogP) is 4.45. The Morgan fingerprint density at radius 1 is 0.407 bits per heavy atom. The van der Waals surface area contributed by atoms with E-state index in [0.717, 1.165) is 0 Å². The first-order chi connectivity index (χ1) is 11.2. The molecule has 0 fully saturated rings. The minimum Gasteiger partial charge on any atom is -0.331 e. The Balaban J connectivity index is 6.47. The molecule has 0 aromatic rings. The molecule has 0 aromatic heterocycles. The van der Waals surface area contributed by atoms with Crippen molar-refractivity contribution in [2.45, 2.75) is 48.1 Å². The molecule has 19 heteroatoms. The van der Waals surface area contributed by atoms with Gasteiger partial charge in [0.05, 0.1) is 0 Å². The van der Waals surface area contributed by atoms with Gasteiger partial charge in [0, 0.05) is 0 Å². The minimum atomic E-state index is -8.55. The van der Waals surface area contributed by atoms with E-state index in [-0.39, 0.29) is 0 Å². The van der Waals surface area contributed by atoms with Crippen molar-refractivity contribution in [3.63, 3.8) is 0 Å². The van der Waals surface area contributed by atoms with E-state index in [9.17, 15) is 74.6 Å². The summed E-state index contributed by atoms with van der Waals surface area (Å²) in [6.45, 7) is 0. The Bertz CT molecular complexity index is 542. The van der Waals surface area contributed by atoms with Gasteiger partial charge in [0.25, 0.3) is 0 Å². The average Bonchev–Trinajstić information content (AvgIpc) is 2.33. The Morgan fingerprint density at radius 2 is 0.667 bits per heavy atom. The van der Waals surface area contributed by atoms with Gasteiger partial charge in [0.1, 0.15) is 0 Å². The van der Waals surface area contributed by atoms with E-state index in [1.165, 1.54) is 0 Å². The second kappa shape index (κ2) is 6.11. The van der Waals surface area contributed by atoms with Gasteiger partial charge in [-0.2, -0.15) is 80.0 Å². The highest BCUT2D eigenvalue weighted by molar-refractivity contribution is 5.12. The third-order valence-electron chi connectivity index (χ3n) is 2.65. The summed E-state index contributed by atoms with van der Waals surface area (Å²) >= 11 is 0. The zero-order valence-corrected chi connectivity index (χ0v) is 11.4. The summed E-state index contributed by atoms with van der Waals surface area (Å²) in [7, 11) is 0. The molecule has 0 heterocycles. The molecular formula is C8H2F17NO. The number of alkyl halides is 17. The van der Waals surface area contributed by atoms with Gasteiger partial charge in [-0.1, -0.05) is 0 Å². The van der Waals surface area contributed by atoms with Crippen LogP contribution in [0, 0.1) is 0 Å². The van der Waals surface area contributed by atoms with E-state index < -0.39 is 53.4 Å². The summed E-state index contributed by atoms with van der Waals surface area (Å²) in [6, 6.07) is -7.52. The molecule has 0 aliphatic rings. The Kier molecular flexibility index (Phi) is 5.83. The zero-order valence-electron chi connectivity index (χ0n) is 11.4. The first-order valence-corrected chi connectivity index (χ1v) is 5.44. The molecule has 0 aliphatic carbocycles. The van der Waals surface area contributed by atoms with Crippen LogP contribution in [-0.2, 0) is 0 Å². The molecule has 0 aromatic carbocycles. The van der Waals surface area contributed by atoms with Crippen molar-refractivity contribution in [3.05, 3.63) is 0 Å². The fourth-order valence-electron chi connectivity index (χ4n) is 1.23. The van der Waals surface area contributed by atoms with Crippen LogP contribution in [0.3, 0.4) is 0 Å². The highest BCUT2D eigenvalue weighted by atomic mass is 19.4. The van der Waals surface area contributed by atoms with Gasteiger partial charge in [-0.3, -0.25) is 0 Å². The molecule has 2 nitrogen and oxygen atoms in total. The Labute approximate surface area is 134 Å². The summed E-state index contributed by atoms with van der Waals surface area (Å²) in [6.07, 6.45) is -14.0. The molecule has 0 saturated carbocycles. The van der Waals surface area contributed by atoms with Crippen molar-refractivity contribution in [2.24, 2.45) is 0 Å². The fraction of sp³-hybridized carbons (Fsp3) is 1.00. The number of aliphatic hydroxyl groups is 1. The third-order valence-corrected chi connectivity index (χ3v) is 2.65. The van der Waals surface area contributed by atoms with Gasteiger partial charge in [-0.15, -0.1) is 0 Å². The lowest BCUT2D eigenvalue weighted by molar-refractivity contribution is -0.465. The van der Waals surface area contributed by atoms with Crippen molar-refractivity contribution in [1.82, 2.24) is 5.32 Å². The lowest BCUT2D eigenvalue weighted by Gasteiger charge is -2.41. The molecule has 0 rings (SSSR count). The molecule has 0 aliphatic heterocycles. The van der Waals surface area contributed by atoms with E-state index in [4.69, 9.17) is 5.11 Å². The van der Waals surface area contributed by atoms with Crippen LogP contribution >= 0.6 is 0 Å². The highest BCUT2D eigenvalue weighted by Gasteiger charge is 2.93. The molecule has 0 atom stereocenters. The average molecular weight is 451 g/mol. The van der Waals surface area contributed by atoms with Gasteiger partial charge in [-0.05, 0) is 0 Å². The van der Waals surface area contributed by atoms with E-state index >= 15 is 0 Å². The maximum atomic E-state index is 12.9. The summed E-state index contributed by atoms with van der Waals surface area (Å²) in [5.41, 5.74) is 0. The molecular weight excluding hydrogens is 449 g/mol. The SMILES string of the molecule is OC(F)(F)C(F)(F)C(F)(F)C(F)(F)C(F)(F)C(F)(F)C(F)(F)NC(F)(F)F. The van der Waals surface area contributed by atoms with E-state index in [1.807, 2.05) is 0 Å². The fourth-order valence-corrected chi connectivity index (χ4v) is 1.23. The van der Waals surface area contributed by atoms with Crippen molar-refractivity contribution < 1.29 is 79.7 Å². The minimum absolute atomic E-state index is 1.59. The maximum Gasteiger partial charge on any atom is 0.462 e. The van der Waals surface area contributed by atoms with Gasteiger partial charge >= 0.3 is 48.1 Å². The zero-order chi connectivity index (χ0) is 22.7. The number of halogens is 17. The molecule has 0 unspecified atom stereocenters. The molecule has 0 spiro atoms. The summed E-state index contributed by atoms with van der Waals surface area (Å²) in [5, 5.41) is 5.80. The van der Waals surface area contributed by atoms with Gasteiger partial charge in [0.2, 0.25) is 0 Å². The second-order valence-corrected chi connectivity index (χ2v) is 4.61. The Hall–Kier alpha value is -1.27. The first kappa shape index (κ1) is 25.7. The maximum absolute atomic E-state index is 12.9. The summed E-state index contributed by atoms with van der Waals surface area (Å²) < 4.78 is 212. The number of hydrogen-bond acceptors (Lipinski definition) is 2. The summed E-state index contributed by atoms with van der Waals surface area (Å²) in [4.78, 5) is 0. The first-order valence-electron chi connectivity index (χ1n) is 5.44. The van der Waals surface area contributed by atoms with Gasteiger partial charge in [-0.25, -0.2) is 0 Å². The van der Waals surface area contributed by atoms with Crippen molar-refractivity contribution in [3.8, 4) is 0 Å². The van der Waals surface area contributed by atoms with Crippen LogP contribution in [0.5, 0.6) is 0 Å². The standard InChI is InChI=1S/C8H2F17NO/c9-1(10,3(13,14)5(17,18)7(21,22)27)2(11,12)4(15,16)6(19,20)26-8(23,24)25/h26-27H. The topological polar surface area (TPSA) is 32.3 Å². The summed E-state index contributed by atoms with van der Waals surface area (Å²) in [5.74, 6) is -41.6. The van der Waals surface area contributed by atoms with Gasteiger partial charge in [0.15, 0.2) is 0 Å². The number of rotatable bonds is 7. The van der Waals surface area contributed by atoms with Crippen LogP contribution < -0.4 is 5.32 Å². The lowest BCUT2D eigenvalue weighted by Crippen LogP contribution is -2.75. The van der Waals surface area contributed by atoms with Crippen LogP contribution in [0.4, 0.5) is 74.6 Å². The van der Waals surface area contributed by atoms with E-state index in [0.29, 0.717) is 0 Å². The van der Waals surface area contributed by atoms with Crippen molar-refractivity contribution in [1.29, 1.82) is 0 Å². The molecule has 0 bridgehead atoms.